The maximum atomic E-state index is 13.8. The summed E-state index contributed by atoms with van der Waals surface area (Å²) in [6, 6.07) is 0. The highest BCUT2D eigenvalue weighted by atomic mass is 16.3. The lowest BCUT2D eigenvalue weighted by Gasteiger charge is -2.58. The Hall–Kier alpha value is -1.07. The first-order chi connectivity index (χ1) is 14.8. The Kier molecular flexibility index (Phi) is 6.02. The minimum absolute atomic E-state index is 0.0497. The topological polar surface area (TPSA) is 91.7 Å². The van der Waals surface area contributed by atoms with Crippen molar-refractivity contribution >= 4 is 17.3 Å². The highest BCUT2D eigenvalue weighted by molar-refractivity contribution is 5.93. The Morgan fingerprint density at radius 1 is 1.03 bits per heavy atom. The number of aliphatic hydroxyl groups is 2. The largest absolute Gasteiger partial charge is 0.390 e. The van der Waals surface area contributed by atoms with Crippen LogP contribution in [0.5, 0.6) is 0 Å². The number of hydrogen-bond donors (Lipinski definition) is 2. The van der Waals surface area contributed by atoms with E-state index >= 15 is 0 Å². The third-order valence-electron chi connectivity index (χ3n) is 10.6. The van der Waals surface area contributed by atoms with Gasteiger partial charge in [-0.05, 0) is 81.0 Å². The summed E-state index contributed by atoms with van der Waals surface area (Å²) in [4.78, 5) is 39.3. The van der Waals surface area contributed by atoms with Crippen molar-refractivity contribution in [2.75, 3.05) is 0 Å². The van der Waals surface area contributed by atoms with Crippen molar-refractivity contribution in [1.29, 1.82) is 0 Å². The molecule has 4 aliphatic carbocycles. The van der Waals surface area contributed by atoms with Crippen LogP contribution in [0.25, 0.3) is 0 Å². The molecule has 0 heterocycles. The van der Waals surface area contributed by atoms with Crippen molar-refractivity contribution in [3.8, 4) is 0 Å². The number of Topliss-reactive ketones (excluding diaryl/α,β-unsaturated/α-hetero) is 3. The van der Waals surface area contributed by atoms with E-state index in [0.29, 0.717) is 43.7 Å². The SMILES string of the molecule is C[C@H](CCC(O)C(C)(C)O)[C@H]1CC[C@H]2[C@@H]3C(=O)CC4CC(=O)CC[C@]4(C)[C@H]3CC(=O)[C@]12C. The average Bonchev–Trinajstić information content (AvgIpc) is 3.06. The molecule has 4 rings (SSSR count). The first-order valence-electron chi connectivity index (χ1n) is 12.8. The molecule has 0 aromatic rings. The lowest BCUT2D eigenvalue weighted by molar-refractivity contribution is -0.166. The molecule has 2 unspecified atom stereocenters. The summed E-state index contributed by atoms with van der Waals surface area (Å²) in [7, 11) is 0. The molecule has 0 spiro atoms. The van der Waals surface area contributed by atoms with E-state index in [2.05, 4.69) is 20.8 Å². The van der Waals surface area contributed by atoms with Crippen molar-refractivity contribution < 1.29 is 24.6 Å². The van der Waals surface area contributed by atoms with Crippen LogP contribution in [0.1, 0.15) is 92.4 Å². The van der Waals surface area contributed by atoms with Crippen LogP contribution >= 0.6 is 0 Å². The Balaban J connectivity index is 1.56. The lowest BCUT2D eigenvalue weighted by Crippen LogP contribution is -2.60. The highest BCUT2D eigenvalue weighted by Gasteiger charge is 2.66. The van der Waals surface area contributed by atoms with E-state index in [4.69, 9.17) is 0 Å². The van der Waals surface area contributed by atoms with Gasteiger partial charge >= 0.3 is 0 Å². The van der Waals surface area contributed by atoms with Crippen LogP contribution in [0.3, 0.4) is 0 Å². The molecule has 9 atom stereocenters. The highest BCUT2D eigenvalue weighted by Crippen LogP contribution is 2.66. The van der Waals surface area contributed by atoms with Crippen LogP contribution in [-0.2, 0) is 14.4 Å². The van der Waals surface area contributed by atoms with Crippen LogP contribution in [0.2, 0.25) is 0 Å². The Labute approximate surface area is 192 Å². The van der Waals surface area contributed by atoms with Gasteiger partial charge < -0.3 is 10.2 Å². The summed E-state index contributed by atoms with van der Waals surface area (Å²) >= 11 is 0. The number of ketones is 3. The van der Waals surface area contributed by atoms with Crippen molar-refractivity contribution in [1.82, 2.24) is 0 Å². The molecule has 2 N–H and O–H groups in total. The zero-order valence-electron chi connectivity index (χ0n) is 20.5. The maximum Gasteiger partial charge on any atom is 0.139 e. The van der Waals surface area contributed by atoms with Gasteiger partial charge in [0.25, 0.3) is 0 Å². The second kappa shape index (κ2) is 8.01. The molecule has 4 fully saturated rings. The van der Waals surface area contributed by atoms with E-state index in [-0.39, 0.29) is 46.7 Å². The number of aliphatic hydroxyl groups excluding tert-OH is 1. The number of carbonyl (C=O) groups excluding carboxylic acids is 3. The van der Waals surface area contributed by atoms with Crippen LogP contribution in [0, 0.1) is 46.3 Å². The fourth-order valence-corrected chi connectivity index (χ4v) is 8.37. The molecule has 0 radical (unpaired) electrons. The fourth-order valence-electron chi connectivity index (χ4n) is 8.37. The standard InChI is InChI=1S/C27H42O5/c1-15(6-9-22(30)25(2,3)32)18-7-8-19-24-20(14-23(31)27(18,19)5)26(4)11-10-17(28)12-16(26)13-21(24)29/h15-16,18-20,22,24,30,32H,6-14H2,1-5H3/t15-,16?,18-,19+,20+,22?,24+,26+,27-/m1/s1. The van der Waals surface area contributed by atoms with E-state index in [0.717, 1.165) is 25.7 Å². The van der Waals surface area contributed by atoms with E-state index in [1.165, 1.54) is 0 Å². The van der Waals surface area contributed by atoms with Gasteiger partial charge in [-0.25, -0.2) is 0 Å². The molecule has 32 heavy (non-hydrogen) atoms. The van der Waals surface area contributed by atoms with Crippen molar-refractivity contribution in [3.63, 3.8) is 0 Å². The molecule has 4 saturated carbocycles. The predicted molar refractivity (Wildman–Crippen MR) is 122 cm³/mol. The molecule has 0 aliphatic heterocycles. The van der Waals surface area contributed by atoms with Crippen molar-refractivity contribution in [2.24, 2.45) is 46.3 Å². The van der Waals surface area contributed by atoms with E-state index in [1.54, 1.807) is 13.8 Å². The summed E-state index contributed by atoms with van der Waals surface area (Å²) < 4.78 is 0. The molecule has 0 saturated heterocycles. The quantitative estimate of drug-likeness (QED) is 0.663. The molecule has 0 bridgehead atoms. The van der Waals surface area contributed by atoms with Gasteiger partial charge in [0.05, 0.1) is 11.7 Å². The Morgan fingerprint density at radius 3 is 2.38 bits per heavy atom. The maximum absolute atomic E-state index is 13.8. The van der Waals surface area contributed by atoms with Crippen LogP contribution in [0.4, 0.5) is 0 Å². The smallest absolute Gasteiger partial charge is 0.139 e. The number of fused-ring (bicyclic) bond motifs is 5. The summed E-state index contributed by atoms with van der Waals surface area (Å²) in [5, 5.41) is 20.4. The molecular weight excluding hydrogens is 404 g/mol. The zero-order valence-corrected chi connectivity index (χ0v) is 20.5. The average molecular weight is 447 g/mol. The molecule has 0 aromatic carbocycles. The molecule has 4 aliphatic rings. The molecule has 0 aromatic heterocycles. The lowest BCUT2D eigenvalue weighted by atomic mass is 9.44. The number of rotatable bonds is 5. The summed E-state index contributed by atoms with van der Waals surface area (Å²) in [5.74, 6) is 1.57. The summed E-state index contributed by atoms with van der Waals surface area (Å²) in [6.45, 7) is 9.78. The van der Waals surface area contributed by atoms with E-state index < -0.39 is 17.1 Å². The van der Waals surface area contributed by atoms with Crippen molar-refractivity contribution in [2.45, 2.75) is 104 Å². The predicted octanol–water partition coefficient (Wildman–Crippen LogP) is 4.12. The number of hydrogen-bond acceptors (Lipinski definition) is 5. The molecule has 5 nitrogen and oxygen atoms in total. The van der Waals surface area contributed by atoms with Gasteiger partial charge in [-0.2, -0.15) is 0 Å². The van der Waals surface area contributed by atoms with Crippen LogP contribution in [0.15, 0.2) is 0 Å². The molecular formula is C27H42O5. The summed E-state index contributed by atoms with van der Waals surface area (Å²) in [5.41, 5.74) is -1.69. The first-order valence-corrected chi connectivity index (χ1v) is 12.8. The second-order valence-electron chi connectivity index (χ2n) is 12.7. The molecule has 0 amide bonds. The Morgan fingerprint density at radius 2 is 1.72 bits per heavy atom. The zero-order chi connectivity index (χ0) is 23.6. The van der Waals surface area contributed by atoms with Gasteiger partial charge in [-0.1, -0.05) is 20.8 Å². The van der Waals surface area contributed by atoms with Gasteiger partial charge in [-0.15, -0.1) is 0 Å². The molecule has 180 valence electrons. The van der Waals surface area contributed by atoms with Gasteiger partial charge in [0, 0.05) is 37.0 Å². The van der Waals surface area contributed by atoms with Crippen LogP contribution < -0.4 is 0 Å². The third kappa shape index (κ3) is 3.62. The van der Waals surface area contributed by atoms with E-state index in [9.17, 15) is 24.6 Å². The van der Waals surface area contributed by atoms with E-state index in [1.807, 2.05) is 0 Å². The van der Waals surface area contributed by atoms with Gasteiger partial charge in [0.15, 0.2) is 0 Å². The van der Waals surface area contributed by atoms with Gasteiger partial charge in [0.1, 0.15) is 17.3 Å². The third-order valence-corrected chi connectivity index (χ3v) is 10.6. The minimum atomic E-state index is -1.13. The Bertz CT molecular complexity index is 796. The van der Waals surface area contributed by atoms with Gasteiger partial charge in [0.2, 0.25) is 0 Å². The minimum Gasteiger partial charge on any atom is -0.390 e. The number of carbonyl (C=O) groups is 3. The summed E-state index contributed by atoms with van der Waals surface area (Å²) in [6.07, 6.45) is 5.23. The molecule has 5 heteroatoms. The normalized spacial score (nSPS) is 44.0. The second-order valence-corrected chi connectivity index (χ2v) is 12.7. The van der Waals surface area contributed by atoms with Crippen molar-refractivity contribution in [3.05, 3.63) is 0 Å². The monoisotopic (exact) mass is 446 g/mol. The first kappa shape index (κ1) is 24.1. The van der Waals surface area contributed by atoms with Crippen LogP contribution in [-0.4, -0.2) is 39.3 Å². The fraction of sp³-hybridized carbons (Fsp3) is 0.889. The van der Waals surface area contributed by atoms with Gasteiger partial charge in [-0.3, -0.25) is 14.4 Å².